The van der Waals surface area contributed by atoms with Gasteiger partial charge in [0.1, 0.15) is 5.82 Å². The predicted molar refractivity (Wildman–Crippen MR) is 102 cm³/mol. The van der Waals surface area contributed by atoms with Crippen molar-refractivity contribution in [2.75, 3.05) is 13.1 Å². The van der Waals surface area contributed by atoms with Crippen LogP contribution in [0.3, 0.4) is 0 Å². The number of imidazole rings is 1. The van der Waals surface area contributed by atoms with Crippen molar-refractivity contribution in [1.82, 2.24) is 14.5 Å². The lowest BCUT2D eigenvalue weighted by Gasteiger charge is -2.33. The maximum Gasteiger partial charge on any atom is 0.253 e. The van der Waals surface area contributed by atoms with Gasteiger partial charge in [-0.15, -0.1) is 0 Å². The number of piperidine rings is 1. The van der Waals surface area contributed by atoms with E-state index in [1.807, 2.05) is 35.4 Å². The van der Waals surface area contributed by atoms with Gasteiger partial charge in [-0.25, -0.2) is 4.98 Å². The maximum absolute atomic E-state index is 12.8. The van der Waals surface area contributed by atoms with E-state index >= 15 is 0 Å². The Balaban J connectivity index is 1.71. The highest BCUT2D eigenvalue weighted by atomic mass is 16.2. The quantitative estimate of drug-likeness (QED) is 0.786. The molecule has 0 spiro atoms. The topological polar surface area (TPSA) is 38.1 Å². The van der Waals surface area contributed by atoms with Crippen LogP contribution in [-0.4, -0.2) is 33.4 Å². The van der Waals surface area contributed by atoms with Gasteiger partial charge in [-0.3, -0.25) is 4.79 Å². The highest BCUT2D eigenvalue weighted by Gasteiger charge is 2.27. The Morgan fingerprint density at radius 3 is 2.88 bits per heavy atom. The molecule has 1 aliphatic heterocycles. The first-order valence-electron chi connectivity index (χ1n) is 9.25. The third kappa shape index (κ3) is 4.01. The highest BCUT2D eigenvalue weighted by molar-refractivity contribution is 5.94. The van der Waals surface area contributed by atoms with E-state index in [0.717, 1.165) is 55.8 Å². The average Bonchev–Trinajstić information content (AvgIpc) is 3.14. The maximum atomic E-state index is 12.8. The first kappa shape index (κ1) is 17.5. The molecule has 132 valence electrons. The van der Waals surface area contributed by atoms with Gasteiger partial charge in [0, 0.05) is 43.5 Å². The minimum Gasteiger partial charge on any atom is -0.338 e. The van der Waals surface area contributed by atoms with Gasteiger partial charge >= 0.3 is 0 Å². The van der Waals surface area contributed by atoms with Crippen LogP contribution in [0.4, 0.5) is 0 Å². The number of likely N-dealkylation sites (tertiary alicyclic amines) is 1. The van der Waals surface area contributed by atoms with Gasteiger partial charge in [0.05, 0.1) is 0 Å². The molecular weight excluding hydrogens is 310 g/mol. The normalized spacial score (nSPS) is 17.5. The molecule has 0 radical (unpaired) electrons. The molecule has 1 aliphatic rings. The number of rotatable bonds is 6. The van der Waals surface area contributed by atoms with Crippen molar-refractivity contribution >= 4 is 12.0 Å². The van der Waals surface area contributed by atoms with E-state index < -0.39 is 0 Å². The van der Waals surface area contributed by atoms with Crippen LogP contribution in [0.1, 0.15) is 60.3 Å². The summed E-state index contributed by atoms with van der Waals surface area (Å²) in [5, 5.41) is 0. The number of aryl methyl sites for hydroxylation is 1. The van der Waals surface area contributed by atoms with Crippen molar-refractivity contribution in [1.29, 1.82) is 0 Å². The number of nitrogens with zero attached hydrogens (tertiary/aromatic N) is 3. The summed E-state index contributed by atoms with van der Waals surface area (Å²) in [6.07, 6.45) is 10.2. The first-order valence-corrected chi connectivity index (χ1v) is 9.25. The number of carbonyl (C=O) groups is 1. The third-order valence-electron chi connectivity index (χ3n) is 4.97. The summed E-state index contributed by atoms with van der Waals surface area (Å²) in [4.78, 5) is 19.4. The molecule has 1 aromatic heterocycles. The number of amides is 1. The van der Waals surface area contributed by atoms with E-state index in [2.05, 4.69) is 29.3 Å². The summed E-state index contributed by atoms with van der Waals surface area (Å²) >= 11 is 0. The Morgan fingerprint density at radius 1 is 1.36 bits per heavy atom. The molecule has 25 heavy (non-hydrogen) atoms. The molecule has 0 saturated carbocycles. The molecule has 0 N–H and O–H groups in total. The second-order valence-electron chi connectivity index (χ2n) is 6.75. The van der Waals surface area contributed by atoms with Crippen molar-refractivity contribution in [2.24, 2.45) is 0 Å². The van der Waals surface area contributed by atoms with Crippen LogP contribution < -0.4 is 0 Å². The Morgan fingerprint density at radius 2 is 2.16 bits per heavy atom. The van der Waals surface area contributed by atoms with E-state index in [4.69, 9.17) is 0 Å². The SMILES string of the molecule is C=Cc1ccc(C(=O)N2CCC[C@H](c3nccn3CCCC)C2)cc1. The van der Waals surface area contributed by atoms with Crippen LogP contribution in [0.5, 0.6) is 0 Å². The molecule has 4 heteroatoms. The number of hydrogen-bond acceptors (Lipinski definition) is 2. The van der Waals surface area contributed by atoms with Crippen LogP contribution in [0.25, 0.3) is 6.08 Å². The zero-order valence-electron chi connectivity index (χ0n) is 15.0. The summed E-state index contributed by atoms with van der Waals surface area (Å²) in [6, 6.07) is 7.68. The fourth-order valence-electron chi connectivity index (χ4n) is 3.51. The van der Waals surface area contributed by atoms with Gasteiger partial charge in [-0.1, -0.05) is 38.1 Å². The number of carbonyl (C=O) groups excluding carboxylic acids is 1. The summed E-state index contributed by atoms with van der Waals surface area (Å²) in [7, 11) is 0. The molecule has 0 aliphatic carbocycles. The predicted octanol–water partition coefficient (Wildman–Crippen LogP) is 4.35. The number of aromatic nitrogens is 2. The Hall–Kier alpha value is -2.36. The molecule has 1 atom stereocenters. The summed E-state index contributed by atoms with van der Waals surface area (Å²) < 4.78 is 2.26. The van der Waals surface area contributed by atoms with Gasteiger partial charge < -0.3 is 9.47 Å². The van der Waals surface area contributed by atoms with Crippen molar-refractivity contribution < 1.29 is 4.79 Å². The molecule has 1 aromatic carbocycles. The van der Waals surface area contributed by atoms with Crippen molar-refractivity contribution in [2.45, 2.75) is 45.1 Å². The summed E-state index contributed by atoms with van der Waals surface area (Å²) in [5.41, 5.74) is 1.78. The first-order chi connectivity index (χ1) is 12.2. The molecule has 0 bridgehead atoms. The second kappa shape index (κ2) is 8.15. The minimum atomic E-state index is 0.118. The van der Waals surface area contributed by atoms with E-state index in [0.29, 0.717) is 5.92 Å². The highest BCUT2D eigenvalue weighted by Crippen LogP contribution is 2.27. The van der Waals surface area contributed by atoms with Gasteiger partial charge in [0.25, 0.3) is 5.91 Å². The van der Waals surface area contributed by atoms with Gasteiger partial charge in [-0.05, 0) is 37.0 Å². The van der Waals surface area contributed by atoms with Crippen molar-refractivity contribution in [3.8, 4) is 0 Å². The molecule has 2 aromatic rings. The fourth-order valence-corrected chi connectivity index (χ4v) is 3.51. The average molecular weight is 337 g/mol. The molecule has 4 nitrogen and oxygen atoms in total. The zero-order valence-corrected chi connectivity index (χ0v) is 15.0. The van der Waals surface area contributed by atoms with E-state index in [-0.39, 0.29) is 5.91 Å². The van der Waals surface area contributed by atoms with Gasteiger partial charge in [0.2, 0.25) is 0 Å². The van der Waals surface area contributed by atoms with Crippen LogP contribution in [0.15, 0.2) is 43.2 Å². The number of unbranched alkanes of at least 4 members (excludes halogenated alkanes) is 1. The van der Waals surface area contributed by atoms with E-state index in [9.17, 15) is 4.79 Å². The van der Waals surface area contributed by atoms with E-state index in [1.165, 1.54) is 6.42 Å². The van der Waals surface area contributed by atoms with Crippen LogP contribution in [0.2, 0.25) is 0 Å². The Bertz CT molecular complexity index is 717. The summed E-state index contributed by atoms with van der Waals surface area (Å²) in [6.45, 7) is 8.56. The number of benzene rings is 1. The Kier molecular flexibility index (Phi) is 5.69. The van der Waals surface area contributed by atoms with Gasteiger partial charge in [0.15, 0.2) is 0 Å². The number of hydrogen-bond donors (Lipinski definition) is 0. The van der Waals surface area contributed by atoms with Crippen molar-refractivity contribution in [3.05, 3.63) is 60.2 Å². The molecule has 3 rings (SSSR count). The monoisotopic (exact) mass is 337 g/mol. The lowest BCUT2D eigenvalue weighted by atomic mass is 9.96. The molecule has 1 saturated heterocycles. The lowest BCUT2D eigenvalue weighted by molar-refractivity contribution is 0.0703. The van der Waals surface area contributed by atoms with Gasteiger partial charge in [-0.2, -0.15) is 0 Å². The molecule has 1 fully saturated rings. The van der Waals surface area contributed by atoms with Crippen LogP contribution in [0, 0.1) is 0 Å². The standard InChI is InChI=1S/C21H27N3O/c1-3-5-13-23-15-12-22-20(23)19-7-6-14-24(16-19)21(25)18-10-8-17(4-2)9-11-18/h4,8-12,15,19H,2-3,5-7,13-14,16H2,1H3/t19-/m0/s1. The smallest absolute Gasteiger partial charge is 0.253 e. The summed E-state index contributed by atoms with van der Waals surface area (Å²) in [5.74, 6) is 1.58. The molecule has 2 heterocycles. The molecular formula is C21H27N3O. The second-order valence-corrected chi connectivity index (χ2v) is 6.75. The molecule has 1 amide bonds. The van der Waals surface area contributed by atoms with E-state index in [1.54, 1.807) is 6.08 Å². The molecule has 0 unspecified atom stereocenters. The largest absolute Gasteiger partial charge is 0.338 e. The Labute approximate surface area is 150 Å². The lowest BCUT2D eigenvalue weighted by Crippen LogP contribution is -2.39. The van der Waals surface area contributed by atoms with Crippen LogP contribution in [-0.2, 0) is 6.54 Å². The zero-order chi connectivity index (χ0) is 17.6. The van der Waals surface area contributed by atoms with Crippen molar-refractivity contribution in [3.63, 3.8) is 0 Å². The fraction of sp³-hybridized carbons (Fsp3) is 0.429. The third-order valence-corrected chi connectivity index (χ3v) is 4.97. The minimum absolute atomic E-state index is 0.118. The van der Waals surface area contributed by atoms with Crippen LogP contribution >= 0.6 is 0 Å².